The zero-order chi connectivity index (χ0) is 16.4. The van der Waals surface area contributed by atoms with Gasteiger partial charge < -0.3 is 19.4 Å². The fourth-order valence-electron chi connectivity index (χ4n) is 2.59. The number of rotatable bonds is 6. The second kappa shape index (κ2) is 6.32. The molecule has 1 aliphatic carbocycles. The first kappa shape index (κ1) is 15.4. The van der Waals surface area contributed by atoms with Gasteiger partial charge in [-0.15, -0.1) is 0 Å². The van der Waals surface area contributed by atoms with Gasteiger partial charge in [0.25, 0.3) is 0 Å². The van der Waals surface area contributed by atoms with Gasteiger partial charge in [0.1, 0.15) is 11.9 Å². The van der Waals surface area contributed by atoms with Crippen molar-refractivity contribution < 1.29 is 14.3 Å². The molecule has 6 heteroatoms. The highest BCUT2D eigenvalue weighted by molar-refractivity contribution is 5.81. The molecule has 1 atom stereocenters. The molecule has 23 heavy (non-hydrogen) atoms. The van der Waals surface area contributed by atoms with E-state index in [2.05, 4.69) is 10.3 Å². The molecule has 3 rings (SSSR count). The lowest BCUT2D eigenvalue weighted by Crippen LogP contribution is -2.32. The number of imidazole rings is 1. The Hall–Kier alpha value is -2.50. The number of carbonyl (C=O) groups excluding carboxylic acids is 1. The van der Waals surface area contributed by atoms with Crippen LogP contribution >= 0.6 is 0 Å². The highest BCUT2D eigenvalue weighted by atomic mass is 16.5. The molecule has 1 fully saturated rings. The second-order valence-corrected chi connectivity index (χ2v) is 5.73. The minimum absolute atomic E-state index is 0.0767. The number of hydrogen-bond acceptors (Lipinski definition) is 4. The lowest BCUT2D eigenvalue weighted by Gasteiger charge is -2.20. The Morgan fingerprint density at radius 3 is 2.61 bits per heavy atom. The molecule has 1 unspecified atom stereocenters. The topological polar surface area (TPSA) is 65.4 Å². The number of aromatic nitrogens is 2. The molecular weight excluding hydrogens is 294 g/mol. The maximum atomic E-state index is 12.3. The van der Waals surface area contributed by atoms with E-state index in [1.54, 1.807) is 20.4 Å². The van der Waals surface area contributed by atoms with Crippen LogP contribution in [0.15, 0.2) is 30.6 Å². The number of benzene rings is 1. The number of carbonyl (C=O) groups is 1. The molecule has 1 amide bonds. The van der Waals surface area contributed by atoms with Crippen molar-refractivity contribution in [2.24, 2.45) is 13.0 Å². The third kappa shape index (κ3) is 3.16. The molecule has 6 nitrogen and oxygen atoms in total. The van der Waals surface area contributed by atoms with Crippen molar-refractivity contribution in [3.05, 3.63) is 42.0 Å². The maximum Gasteiger partial charge on any atom is 0.223 e. The summed E-state index contributed by atoms with van der Waals surface area (Å²) in [5.74, 6) is 2.28. The number of amides is 1. The average Bonchev–Trinajstić information content (AvgIpc) is 3.34. The van der Waals surface area contributed by atoms with E-state index in [1.807, 2.05) is 36.0 Å². The lowest BCUT2D eigenvalue weighted by atomic mass is 10.0. The fraction of sp³-hybridized carbons (Fsp3) is 0.412. The third-order valence-electron chi connectivity index (χ3n) is 4.09. The minimum Gasteiger partial charge on any atom is -0.493 e. The summed E-state index contributed by atoms with van der Waals surface area (Å²) in [6, 6.07) is 5.33. The molecule has 0 radical (unpaired) electrons. The maximum absolute atomic E-state index is 12.3. The van der Waals surface area contributed by atoms with Gasteiger partial charge in [0, 0.05) is 25.4 Å². The number of nitrogens with one attached hydrogen (secondary N) is 1. The normalized spacial score (nSPS) is 15.1. The Morgan fingerprint density at radius 2 is 2.04 bits per heavy atom. The first-order valence-corrected chi connectivity index (χ1v) is 7.63. The van der Waals surface area contributed by atoms with Crippen LogP contribution in [-0.2, 0) is 11.8 Å². The van der Waals surface area contributed by atoms with Gasteiger partial charge in [0.2, 0.25) is 5.91 Å². The molecule has 1 aromatic carbocycles. The molecule has 1 aliphatic rings. The standard InChI is InChI=1S/C17H21N3O3/c1-20-9-8-18-16(20)15(19-17(21)11-4-5-11)12-6-7-13(22-2)14(10-12)23-3/h6-11,15H,4-5H2,1-3H3,(H,19,21). The Balaban J connectivity index is 1.97. The first-order valence-electron chi connectivity index (χ1n) is 7.63. The van der Waals surface area contributed by atoms with Crippen LogP contribution in [0.3, 0.4) is 0 Å². The summed E-state index contributed by atoms with van der Waals surface area (Å²) in [4.78, 5) is 16.7. The van der Waals surface area contributed by atoms with E-state index in [0.717, 1.165) is 24.2 Å². The largest absolute Gasteiger partial charge is 0.493 e. The zero-order valence-corrected chi connectivity index (χ0v) is 13.6. The molecular formula is C17H21N3O3. The van der Waals surface area contributed by atoms with Crippen molar-refractivity contribution in [1.82, 2.24) is 14.9 Å². The first-order chi connectivity index (χ1) is 11.1. The summed E-state index contributed by atoms with van der Waals surface area (Å²) < 4.78 is 12.6. The van der Waals surface area contributed by atoms with Gasteiger partial charge in [-0.25, -0.2) is 4.98 Å². The van der Waals surface area contributed by atoms with Crippen molar-refractivity contribution >= 4 is 5.91 Å². The molecule has 1 aromatic heterocycles. The van der Waals surface area contributed by atoms with Gasteiger partial charge in [0.15, 0.2) is 11.5 Å². The van der Waals surface area contributed by atoms with Crippen molar-refractivity contribution in [3.63, 3.8) is 0 Å². The van der Waals surface area contributed by atoms with Crippen LogP contribution in [0.25, 0.3) is 0 Å². The van der Waals surface area contributed by atoms with E-state index in [9.17, 15) is 4.79 Å². The lowest BCUT2D eigenvalue weighted by molar-refractivity contribution is -0.122. The molecule has 0 bridgehead atoms. The van der Waals surface area contributed by atoms with E-state index < -0.39 is 0 Å². The number of methoxy groups -OCH3 is 2. The van der Waals surface area contributed by atoms with Crippen LogP contribution in [-0.4, -0.2) is 29.7 Å². The summed E-state index contributed by atoms with van der Waals surface area (Å²) >= 11 is 0. The number of nitrogens with zero attached hydrogens (tertiary/aromatic N) is 2. The second-order valence-electron chi connectivity index (χ2n) is 5.73. The van der Waals surface area contributed by atoms with Crippen LogP contribution in [0.2, 0.25) is 0 Å². The van der Waals surface area contributed by atoms with Crippen LogP contribution < -0.4 is 14.8 Å². The van der Waals surface area contributed by atoms with Crippen molar-refractivity contribution in [2.45, 2.75) is 18.9 Å². The van der Waals surface area contributed by atoms with E-state index in [1.165, 1.54) is 0 Å². The number of ether oxygens (including phenoxy) is 2. The minimum atomic E-state index is -0.317. The van der Waals surface area contributed by atoms with Crippen molar-refractivity contribution in [2.75, 3.05) is 14.2 Å². The molecule has 1 N–H and O–H groups in total. The van der Waals surface area contributed by atoms with Crippen LogP contribution in [0.5, 0.6) is 11.5 Å². The molecule has 122 valence electrons. The summed E-state index contributed by atoms with van der Waals surface area (Å²) in [7, 11) is 5.11. The average molecular weight is 315 g/mol. The van der Waals surface area contributed by atoms with E-state index >= 15 is 0 Å². The Morgan fingerprint density at radius 1 is 1.30 bits per heavy atom. The monoisotopic (exact) mass is 315 g/mol. The van der Waals surface area contributed by atoms with Crippen LogP contribution in [0.1, 0.15) is 30.3 Å². The fourth-order valence-corrected chi connectivity index (χ4v) is 2.59. The highest BCUT2D eigenvalue weighted by Gasteiger charge is 2.32. The predicted octanol–water partition coefficient (Wildman–Crippen LogP) is 2.05. The van der Waals surface area contributed by atoms with Crippen molar-refractivity contribution in [1.29, 1.82) is 0 Å². The van der Waals surface area contributed by atoms with Gasteiger partial charge in [-0.3, -0.25) is 4.79 Å². The van der Waals surface area contributed by atoms with Gasteiger partial charge in [-0.2, -0.15) is 0 Å². The van der Waals surface area contributed by atoms with Gasteiger partial charge in [-0.05, 0) is 30.5 Å². The molecule has 1 heterocycles. The SMILES string of the molecule is COc1ccc(C(NC(=O)C2CC2)c2nccn2C)cc1OC. The predicted molar refractivity (Wildman–Crippen MR) is 85.5 cm³/mol. The van der Waals surface area contributed by atoms with E-state index in [-0.39, 0.29) is 17.9 Å². The smallest absolute Gasteiger partial charge is 0.223 e. The van der Waals surface area contributed by atoms with Crippen molar-refractivity contribution in [3.8, 4) is 11.5 Å². The van der Waals surface area contributed by atoms with Gasteiger partial charge >= 0.3 is 0 Å². The Kier molecular flexibility index (Phi) is 4.23. The number of hydrogen-bond donors (Lipinski definition) is 1. The highest BCUT2D eigenvalue weighted by Crippen LogP contribution is 2.34. The summed E-state index contributed by atoms with van der Waals surface area (Å²) in [6.07, 6.45) is 5.52. The summed E-state index contributed by atoms with van der Waals surface area (Å²) in [5.41, 5.74) is 0.908. The quantitative estimate of drug-likeness (QED) is 0.886. The van der Waals surface area contributed by atoms with Gasteiger partial charge in [0.05, 0.1) is 14.2 Å². The van der Waals surface area contributed by atoms with Crippen LogP contribution in [0.4, 0.5) is 0 Å². The Labute approximate surface area is 135 Å². The van der Waals surface area contributed by atoms with Crippen LogP contribution in [0, 0.1) is 5.92 Å². The van der Waals surface area contributed by atoms with Gasteiger partial charge in [-0.1, -0.05) is 6.07 Å². The summed E-state index contributed by atoms with van der Waals surface area (Å²) in [5, 5.41) is 3.11. The Bertz CT molecular complexity index is 707. The molecule has 2 aromatic rings. The number of aryl methyl sites for hydroxylation is 1. The molecule has 0 spiro atoms. The van der Waals surface area contributed by atoms with E-state index in [0.29, 0.717) is 11.5 Å². The molecule has 0 saturated heterocycles. The molecule has 0 aliphatic heterocycles. The van der Waals surface area contributed by atoms with E-state index in [4.69, 9.17) is 9.47 Å². The molecule has 1 saturated carbocycles. The third-order valence-corrected chi connectivity index (χ3v) is 4.09. The summed E-state index contributed by atoms with van der Waals surface area (Å²) in [6.45, 7) is 0. The zero-order valence-electron chi connectivity index (χ0n) is 13.6.